The number of fused-ring (bicyclic) bond motifs is 3. The highest BCUT2D eigenvalue weighted by Gasteiger charge is 2.20. The van der Waals surface area contributed by atoms with E-state index in [1.807, 2.05) is 47.7 Å². The number of hydrogen-bond donors (Lipinski definition) is 1. The number of nitrogens with zero attached hydrogens (tertiary/aromatic N) is 3. The van der Waals surface area contributed by atoms with E-state index in [0.717, 1.165) is 20.7 Å². The zero-order valence-corrected chi connectivity index (χ0v) is 17.8. The molecule has 0 saturated heterocycles. The number of hydrogen-bond acceptors (Lipinski definition) is 7. The average Bonchev–Trinajstić information content (AvgIpc) is 3.31. The number of carbonyl (C=O) groups excluding carboxylic acids is 1. The number of carbonyl (C=O) groups is 1. The molecule has 0 saturated carbocycles. The summed E-state index contributed by atoms with van der Waals surface area (Å²) in [7, 11) is 3.18. The lowest BCUT2D eigenvalue weighted by Crippen LogP contribution is -2.30. The van der Waals surface area contributed by atoms with Crippen LogP contribution >= 0.6 is 23.1 Å². The molecule has 0 bridgehead atoms. The van der Waals surface area contributed by atoms with Crippen LogP contribution in [0.1, 0.15) is 12.5 Å². The van der Waals surface area contributed by atoms with Crippen LogP contribution in [0.5, 0.6) is 11.5 Å². The van der Waals surface area contributed by atoms with Crippen LogP contribution in [0.3, 0.4) is 0 Å². The average molecular weight is 429 g/mol. The zero-order valence-electron chi connectivity index (χ0n) is 16.2. The van der Waals surface area contributed by atoms with Gasteiger partial charge in [0.2, 0.25) is 10.9 Å². The first-order valence-electron chi connectivity index (χ1n) is 8.98. The first-order valence-corrected chi connectivity index (χ1v) is 10.7. The Morgan fingerprint density at radius 3 is 2.76 bits per heavy atom. The molecule has 1 atom stereocenters. The Hall–Kier alpha value is -2.78. The van der Waals surface area contributed by atoms with Crippen molar-refractivity contribution >= 4 is 44.2 Å². The number of nitrogens with one attached hydrogen (secondary N) is 1. The summed E-state index contributed by atoms with van der Waals surface area (Å²) >= 11 is 2.98. The first-order chi connectivity index (χ1) is 14.1. The van der Waals surface area contributed by atoms with Crippen LogP contribution in [0.2, 0.25) is 0 Å². The summed E-state index contributed by atoms with van der Waals surface area (Å²) in [5, 5.41) is 11.9. The van der Waals surface area contributed by atoms with Crippen LogP contribution in [0, 0.1) is 0 Å². The third-order valence-electron chi connectivity index (χ3n) is 4.48. The van der Waals surface area contributed by atoms with Gasteiger partial charge < -0.3 is 14.8 Å². The molecule has 0 fully saturated rings. The van der Waals surface area contributed by atoms with Gasteiger partial charge in [-0.3, -0.25) is 9.20 Å². The minimum absolute atomic E-state index is 0.0685. The molecule has 2 heterocycles. The highest BCUT2D eigenvalue weighted by Crippen LogP contribution is 2.31. The minimum Gasteiger partial charge on any atom is -0.493 e. The Kier molecular flexibility index (Phi) is 5.59. The van der Waals surface area contributed by atoms with Gasteiger partial charge in [-0.2, -0.15) is 0 Å². The van der Waals surface area contributed by atoms with Crippen molar-refractivity contribution in [3.63, 3.8) is 0 Å². The molecule has 1 amide bonds. The normalized spacial score (nSPS) is 12.2. The maximum absolute atomic E-state index is 12.6. The molecule has 150 valence electrons. The van der Waals surface area contributed by atoms with Crippen LogP contribution < -0.4 is 14.8 Å². The van der Waals surface area contributed by atoms with Gasteiger partial charge in [0.15, 0.2) is 16.7 Å². The van der Waals surface area contributed by atoms with E-state index in [-0.39, 0.29) is 11.2 Å². The Morgan fingerprint density at radius 1 is 1.17 bits per heavy atom. The Morgan fingerprint density at radius 2 is 1.97 bits per heavy atom. The fraction of sp³-hybridized carbons (Fsp3) is 0.250. The number of benzene rings is 2. The standard InChI is InChI=1S/C20H20N4O3S2/c1-12(18(25)21-11-13-8-9-15(26-2)16(10-13)27-3)28-19-22-23-20-24(19)14-6-4-5-7-17(14)29-20/h4-10,12H,11H2,1-3H3,(H,21,25). The zero-order chi connectivity index (χ0) is 20.4. The van der Waals surface area contributed by atoms with E-state index in [9.17, 15) is 4.79 Å². The molecule has 7 nitrogen and oxygen atoms in total. The van der Waals surface area contributed by atoms with Crippen LogP contribution in [-0.4, -0.2) is 40.0 Å². The summed E-state index contributed by atoms with van der Waals surface area (Å²) in [6.07, 6.45) is 0. The van der Waals surface area contributed by atoms with Gasteiger partial charge in [0.1, 0.15) is 0 Å². The third-order valence-corrected chi connectivity index (χ3v) is 6.53. The monoisotopic (exact) mass is 428 g/mol. The molecule has 1 unspecified atom stereocenters. The summed E-state index contributed by atoms with van der Waals surface area (Å²) in [5.41, 5.74) is 1.99. The van der Waals surface area contributed by atoms with Crippen molar-refractivity contribution in [2.75, 3.05) is 14.2 Å². The lowest BCUT2D eigenvalue weighted by molar-refractivity contribution is -0.120. The van der Waals surface area contributed by atoms with Crippen molar-refractivity contribution in [1.82, 2.24) is 19.9 Å². The molecular weight excluding hydrogens is 408 g/mol. The minimum atomic E-state index is -0.318. The first kappa shape index (κ1) is 19.5. The Bertz CT molecular complexity index is 1170. The maximum Gasteiger partial charge on any atom is 0.233 e. The van der Waals surface area contributed by atoms with E-state index >= 15 is 0 Å². The number of aromatic nitrogens is 3. The molecule has 0 radical (unpaired) electrons. The van der Waals surface area contributed by atoms with E-state index in [2.05, 4.69) is 21.6 Å². The summed E-state index contributed by atoms with van der Waals surface area (Å²) in [5.74, 6) is 1.23. The van der Waals surface area contributed by atoms with E-state index in [0.29, 0.717) is 23.2 Å². The van der Waals surface area contributed by atoms with Crippen molar-refractivity contribution in [1.29, 1.82) is 0 Å². The van der Waals surface area contributed by atoms with Gasteiger partial charge >= 0.3 is 0 Å². The molecule has 0 aliphatic heterocycles. The van der Waals surface area contributed by atoms with Gasteiger partial charge in [0.05, 0.1) is 29.7 Å². The van der Waals surface area contributed by atoms with Crippen molar-refractivity contribution in [2.24, 2.45) is 0 Å². The van der Waals surface area contributed by atoms with Crippen molar-refractivity contribution in [3.05, 3.63) is 48.0 Å². The fourth-order valence-corrected chi connectivity index (χ4v) is 4.87. The molecule has 0 spiro atoms. The second kappa shape index (κ2) is 8.30. The van der Waals surface area contributed by atoms with Crippen LogP contribution in [0.15, 0.2) is 47.6 Å². The van der Waals surface area contributed by atoms with Gasteiger partial charge in [-0.05, 0) is 36.8 Å². The Balaban J connectivity index is 1.44. The predicted octanol–water partition coefficient (Wildman–Crippen LogP) is 3.76. The van der Waals surface area contributed by atoms with E-state index in [1.54, 1.807) is 25.6 Å². The lowest BCUT2D eigenvalue weighted by atomic mass is 10.2. The summed E-state index contributed by atoms with van der Waals surface area (Å²) in [4.78, 5) is 13.4. The van der Waals surface area contributed by atoms with Crippen LogP contribution in [-0.2, 0) is 11.3 Å². The molecule has 9 heteroatoms. The summed E-state index contributed by atoms with van der Waals surface area (Å²) in [6, 6.07) is 13.7. The lowest BCUT2D eigenvalue weighted by Gasteiger charge is -2.13. The summed E-state index contributed by atoms with van der Waals surface area (Å²) in [6.45, 7) is 2.27. The smallest absolute Gasteiger partial charge is 0.233 e. The van der Waals surface area contributed by atoms with Gasteiger partial charge in [-0.25, -0.2) is 0 Å². The number of amides is 1. The molecule has 4 rings (SSSR count). The number of para-hydroxylation sites is 1. The molecule has 1 N–H and O–H groups in total. The molecule has 0 aliphatic carbocycles. The second-order valence-corrected chi connectivity index (χ2v) is 8.65. The third kappa shape index (κ3) is 3.88. The summed E-state index contributed by atoms with van der Waals surface area (Å²) < 4.78 is 13.7. The number of ether oxygens (including phenoxy) is 2. The highest BCUT2D eigenvalue weighted by molar-refractivity contribution is 8.00. The molecule has 29 heavy (non-hydrogen) atoms. The molecular formula is C20H20N4O3S2. The maximum atomic E-state index is 12.6. The SMILES string of the molecule is COc1ccc(CNC(=O)C(C)Sc2nnc3sc4ccccc4n23)cc1OC. The van der Waals surface area contributed by atoms with Crippen molar-refractivity contribution < 1.29 is 14.3 Å². The van der Waals surface area contributed by atoms with Crippen LogP contribution in [0.25, 0.3) is 15.2 Å². The molecule has 2 aromatic heterocycles. The Labute approximate surface area is 176 Å². The second-order valence-electron chi connectivity index (χ2n) is 6.34. The van der Waals surface area contributed by atoms with Crippen LogP contribution in [0.4, 0.5) is 0 Å². The topological polar surface area (TPSA) is 77.8 Å². The number of rotatable bonds is 7. The van der Waals surface area contributed by atoms with Crippen molar-refractivity contribution in [2.45, 2.75) is 23.9 Å². The predicted molar refractivity (Wildman–Crippen MR) is 115 cm³/mol. The van der Waals surface area contributed by atoms with Gasteiger partial charge in [-0.1, -0.05) is 41.3 Å². The van der Waals surface area contributed by atoms with E-state index < -0.39 is 0 Å². The number of thiazole rings is 1. The molecule has 0 aliphatic rings. The number of thioether (sulfide) groups is 1. The molecule has 4 aromatic rings. The molecule has 2 aromatic carbocycles. The van der Waals surface area contributed by atoms with Gasteiger partial charge in [-0.15, -0.1) is 10.2 Å². The largest absolute Gasteiger partial charge is 0.493 e. The number of methoxy groups -OCH3 is 2. The van der Waals surface area contributed by atoms with Crippen molar-refractivity contribution in [3.8, 4) is 11.5 Å². The fourth-order valence-electron chi connectivity index (χ4n) is 2.97. The van der Waals surface area contributed by atoms with Gasteiger partial charge in [0, 0.05) is 6.54 Å². The highest BCUT2D eigenvalue weighted by atomic mass is 32.2. The quantitative estimate of drug-likeness (QED) is 0.452. The van der Waals surface area contributed by atoms with E-state index in [1.165, 1.54) is 11.8 Å². The van der Waals surface area contributed by atoms with Gasteiger partial charge in [0.25, 0.3) is 0 Å². The van der Waals surface area contributed by atoms with E-state index in [4.69, 9.17) is 9.47 Å².